The Bertz CT molecular complexity index is 608. The van der Waals surface area contributed by atoms with Gasteiger partial charge in [-0.3, -0.25) is 14.9 Å². The lowest BCUT2D eigenvalue weighted by molar-refractivity contribution is -0.385. The van der Waals surface area contributed by atoms with Crippen LogP contribution in [0.5, 0.6) is 0 Å². The Labute approximate surface area is 134 Å². The minimum atomic E-state index is -0.731. The third kappa shape index (κ3) is 4.51. The Balaban J connectivity index is 1.90. The number of carbonyl (C=O) groups excluding carboxylic acids is 2. The number of amides is 1. The summed E-state index contributed by atoms with van der Waals surface area (Å²) in [4.78, 5) is 34.1. The number of nitrogens with one attached hydrogen (secondary N) is 1. The summed E-state index contributed by atoms with van der Waals surface area (Å²) >= 11 is 0. The molecule has 0 aromatic heterocycles. The molecule has 7 heteroatoms. The molecule has 0 radical (unpaired) electrons. The number of nitro groups is 1. The minimum absolute atomic E-state index is 0.102. The molecule has 1 saturated carbocycles. The normalized spacial score (nSPS) is 15.0. The van der Waals surface area contributed by atoms with Gasteiger partial charge in [0, 0.05) is 17.7 Å². The number of benzene rings is 1. The molecule has 124 valence electrons. The predicted octanol–water partition coefficient (Wildman–Crippen LogP) is 2.51. The molecule has 1 aromatic carbocycles. The van der Waals surface area contributed by atoms with Crippen molar-refractivity contribution in [3.63, 3.8) is 0 Å². The number of rotatable bonds is 5. The fraction of sp³-hybridized carbons (Fsp3) is 0.500. The zero-order valence-electron chi connectivity index (χ0n) is 13.0. The number of esters is 1. The molecule has 0 spiro atoms. The molecule has 0 unspecified atom stereocenters. The molecule has 1 aromatic rings. The average molecular weight is 320 g/mol. The van der Waals surface area contributed by atoms with E-state index in [1.807, 2.05) is 0 Å². The third-order valence-corrected chi connectivity index (χ3v) is 4.03. The van der Waals surface area contributed by atoms with Crippen LogP contribution in [0.2, 0.25) is 0 Å². The summed E-state index contributed by atoms with van der Waals surface area (Å²) in [6, 6.07) is 4.34. The fourth-order valence-corrected chi connectivity index (χ4v) is 2.77. The SMILES string of the molecule is Cc1c(C(=O)OCC(=O)NC2CCCCC2)cccc1[N+](=O)[O-]. The summed E-state index contributed by atoms with van der Waals surface area (Å²) in [6.07, 6.45) is 5.27. The highest BCUT2D eigenvalue weighted by atomic mass is 16.6. The Kier molecular flexibility index (Phi) is 5.67. The number of carbonyl (C=O) groups is 2. The number of hydrogen-bond acceptors (Lipinski definition) is 5. The highest BCUT2D eigenvalue weighted by molar-refractivity contribution is 5.93. The highest BCUT2D eigenvalue weighted by Crippen LogP contribution is 2.21. The molecular formula is C16H20N2O5. The Morgan fingerprint density at radius 1 is 1.30 bits per heavy atom. The molecule has 1 amide bonds. The van der Waals surface area contributed by atoms with Crippen molar-refractivity contribution in [2.45, 2.75) is 45.1 Å². The van der Waals surface area contributed by atoms with Crippen molar-refractivity contribution in [1.29, 1.82) is 0 Å². The monoisotopic (exact) mass is 320 g/mol. The summed E-state index contributed by atoms with van der Waals surface area (Å²) < 4.78 is 4.97. The van der Waals surface area contributed by atoms with Gasteiger partial charge >= 0.3 is 5.97 Å². The number of ether oxygens (including phenoxy) is 1. The first kappa shape index (κ1) is 16.9. The van der Waals surface area contributed by atoms with Gasteiger partial charge in [0.1, 0.15) is 0 Å². The van der Waals surface area contributed by atoms with Crippen molar-refractivity contribution >= 4 is 17.6 Å². The van der Waals surface area contributed by atoms with Crippen molar-refractivity contribution in [1.82, 2.24) is 5.32 Å². The molecule has 0 aliphatic heterocycles. The van der Waals surface area contributed by atoms with Crippen LogP contribution in [0.25, 0.3) is 0 Å². The van der Waals surface area contributed by atoms with Crippen LogP contribution in [0.3, 0.4) is 0 Å². The lowest BCUT2D eigenvalue weighted by atomic mass is 9.95. The van der Waals surface area contributed by atoms with E-state index >= 15 is 0 Å². The summed E-state index contributed by atoms with van der Waals surface area (Å²) in [6.45, 7) is 1.11. The standard InChI is InChI=1S/C16H20N2O5/c1-11-13(8-5-9-14(11)18(21)22)16(20)23-10-15(19)17-12-6-3-2-4-7-12/h5,8-9,12H,2-4,6-7,10H2,1H3,(H,17,19). The smallest absolute Gasteiger partial charge is 0.339 e. The van der Waals surface area contributed by atoms with Crippen molar-refractivity contribution in [3.05, 3.63) is 39.4 Å². The van der Waals surface area contributed by atoms with E-state index in [9.17, 15) is 19.7 Å². The second kappa shape index (κ2) is 7.71. The van der Waals surface area contributed by atoms with E-state index in [0.29, 0.717) is 0 Å². The van der Waals surface area contributed by atoms with Gasteiger partial charge in [-0.25, -0.2) is 4.79 Å². The van der Waals surface area contributed by atoms with Crippen molar-refractivity contribution in [3.8, 4) is 0 Å². The fourth-order valence-electron chi connectivity index (χ4n) is 2.77. The van der Waals surface area contributed by atoms with Gasteiger partial charge in [0.25, 0.3) is 11.6 Å². The first-order valence-electron chi connectivity index (χ1n) is 7.69. The molecule has 0 bridgehead atoms. The third-order valence-electron chi connectivity index (χ3n) is 4.03. The molecule has 1 aliphatic rings. The van der Waals surface area contributed by atoms with Crippen LogP contribution in [0.4, 0.5) is 5.69 Å². The van der Waals surface area contributed by atoms with Gasteiger partial charge in [-0.05, 0) is 25.8 Å². The van der Waals surface area contributed by atoms with E-state index in [4.69, 9.17) is 4.74 Å². The zero-order chi connectivity index (χ0) is 16.8. The van der Waals surface area contributed by atoms with Crippen LogP contribution in [-0.4, -0.2) is 29.4 Å². The Morgan fingerprint density at radius 2 is 2.00 bits per heavy atom. The van der Waals surface area contributed by atoms with Gasteiger partial charge in [-0.1, -0.05) is 25.3 Å². The molecule has 1 aliphatic carbocycles. The maximum absolute atomic E-state index is 12.0. The molecule has 0 saturated heterocycles. The molecule has 23 heavy (non-hydrogen) atoms. The largest absolute Gasteiger partial charge is 0.452 e. The van der Waals surface area contributed by atoms with Gasteiger partial charge in [-0.2, -0.15) is 0 Å². The molecule has 2 rings (SSSR count). The van der Waals surface area contributed by atoms with E-state index in [-0.39, 0.29) is 35.4 Å². The molecule has 0 heterocycles. The van der Waals surface area contributed by atoms with E-state index in [1.54, 1.807) is 0 Å². The van der Waals surface area contributed by atoms with E-state index in [0.717, 1.165) is 25.7 Å². The number of nitrogens with zero attached hydrogens (tertiary/aromatic N) is 1. The quantitative estimate of drug-likeness (QED) is 0.510. The van der Waals surface area contributed by atoms with Crippen molar-refractivity contribution in [2.75, 3.05) is 6.61 Å². The first-order valence-corrected chi connectivity index (χ1v) is 7.69. The maximum atomic E-state index is 12.0. The molecular weight excluding hydrogens is 300 g/mol. The Morgan fingerprint density at radius 3 is 2.65 bits per heavy atom. The van der Waals surface area contributed by atoms with Crippen molar-refractivity contribution in [2.24, 2.45) is 0 Å². The van der Waals surface area contributed by atoms with Crippen LogP contribution >= 0.6 is 0 Å². The van der Waals surface area contributed by atoms with Gasteiger partial charge in [0.05, 0.1) is 10.5 Å². The van der Waals surface area contributed by atoms with E-state index in [1.165, 1.54) is 31.5 Å². The summed E-state index contributed by atoms with van der Waals surface area (Å²) in [5, 5.41) is 13.7. The van der Waals surface area contributed by atoms with Gasteiger partial charge in [-0.15, -0.1) is 0 Å². The average Bonchev–Trinajstić information content (AvgIpc) is 2.53. The lowest BCUT2D eigenvalue weighted by Gasteiger charge is -2.22. The molecule has 7 nitrogen and oxygen atoms in total. The van der Waals surface area contributed by atoms with Crippen LogP contribution in [0.15, 0.2) is 18.2 Å². The van der Waals surface area contributed by atoms with Crippen LogP contribution < -0.4 is 5.32 Å². The van der Waals surface area contributed by atoms with Crippen LogP contribution in [-0.2, 0) is 9.53 Å². The lowest BCUT2D eigenvalue weighted by Crippen LogP contribution is -2.38. The van der Waals surface area contributed by atoms with Gasteiger partial charge in [0.2, 0.25) is 0 Å². The molecule has 0 atom stereocenters. The predicted molar refractivity (Wildman–Crippen MR) is 83.1 cm³/mol. The van der Waals surface area contributed by atoms with E-state index in [2.05, 4.69) is 5.32 Å². The molecule has 1 N–H and O–H groups in total. The summed E-state index contributed by atoms with van der Waals surface area (Å²) in [5.74, 6) is -1.07. The van der Waals surface area contributed by atoms with Crippen LogP contribution in [0, 0.1) is 17.0 Å². The van der Waals surface area contributed by atoms with Crippen LogP contribution in [0.1, 0.15) is 48.0 Å². The maximum Gasteiger partial charge on any atom is 0.339 e. The Hall–Kier alpha value is -2.44. The number of nitro benzene ring substituents is 1. The number of hydrogen-bond donors (Lipinski definition) is 1. The summed E-state index contributed by atoms with van der Waals surface area (Å²) in [7, 11) is 0. The second-order valence-corrected chi connectivity index (χ2v) is 5.69. The topological polar surface area (TPSA) is 98.5 Å². The van der Waals surface area contributed by atoms with E-state index < -0.39 is 10.9 Å². The van der Waals surface area contributed by atoms with Gasteiger partial charge < -0.3 is 10.1 Å². The summed E-state index contributed by atoms with van der Waals surface area (Å²) in [5.41, 5.74) is 0.186. The molecule has 1 fully saturated rings. The van der Waals surface area contributed by atoms with Crippen molar-refractivity contribution < 1.29 is 19.2 Å². The zero-order valence-corrected chi connectivity index (χ0v) is 13.0. The second-order valence-electron chi connectivity index (χ2n) is 5.69. The van der Waals surface area contributed by atoms with Gasteiger partial charge in [0.15, 0.2) is 6.61 Å². The minimum Gasteiger partial charge on any atom is -0.452 e. The highest BCUT2D eigenvalue weighted by Gasteiger charge is 2.20. The first-order chi connectivity index (χ1) is 11.0.